The molecule has 0 amide bonds. The van der Waals surface area contributed by atoms with Crippen molar-refractivity contribution in [1.29, 1.82) is 0 Å². The summed E-state index contributed by atoms with van der Waals surface area (Å²) in [5, 5.41) is 8.91. The monoisotopic (exact) mass is 307 g/mol. The van der Waals surface area contributed by atoms with E-state index in [4.69, 9.17) is 14.6 Å². The zero-order chi connectivity index (χ0) is 14.8. The molecule has 0 unspecified atom stereocenters. The topological polar surface area (TPSA) is 68.7 Å². The van der Waals surface area contributed by atoms with Gasteiger partial charge < -0.3 is 14.6 Å². The van der Waals surface area contributed by atoms with Gasteiger partial charge in [0.25, 0.3) is 0 Å². The molecule has 0 fully saturated rings. The van der Waals surface area contributed by atoms with E-state index in [0.717, 1.165) is 17.8 Å². The lowest BCUT2D eigenvalue weighted by atomic mass is 10.3. The van der Waals surface area contributed by atoms with Gasteiger partial charge in [0.2, 0.25) is 0 Å². The Hall–Kier alpha value is -2.28. The van der Waals surface area contributed by atoms with Gasteiger partial charge in [-0.1, -0.05) is 11.8 Å². The van der Waals surface area contributed by atoms with Gasteiger partial charge in [0.15, 0.2) is 17.3 Å². The normalized spacial score (nSPS) is 13.0. The molecule has 0 saturated heterocycles. The van der Waals surface area contributed by atoms with E-state index in [-0.39, 0.29) is 5.03 Å². The Bertz CT molecular complexity index is 707. The maximum atomic E-state index is 14.0. The van der Waals surface area contributed by atoms with Crippen molar-refractivity contribution in [1.82, 2.24) is 4.98 Å². The van der Waals surface area contributed by atoms with Gasteiger partial charge in [-0.2, -0.15) is 0 Å². The van der Waals surface area contributed by atoms with Crippen LogP contribution in [0.15, 0.2) is 40.4 Å². The van der Waals surface area contributed by atoms with Gasteiger partial charge in [-0.25, -0.2) is 14.2 Å². The number of benzene rings is 1. The molecule has 0 atom stereocenters. The van der Waals surface area contributed by atoms with Crippen LogP contribution < -0.4 is 9.47 Å². The van der Waals surface area contributed by atoms with Crippen LogP contribution in [-0.2, 0) is 0 Å². The van der Waals surface area contributed by atoms with Crippen molar-refractivity contribution >= 4 is 17.7 Å². The number of aromatic carboxylic acids is 1. The molecule has 7 heteroatoms. The zero-order valence-electron chi connectivity index (χ0n) is 10.7. The van der Waals surface area contributed by atoms with E-state index < -0.39 is 17.3 Å². The number of pyridine rings is 1. The molecule has 0 spiro atoms. The fourth-order valence-corrected chi connectivity index (χ4v) is 2.70. The number of aromatic nitrogens is 1. The van der Waals surface area contributed by atoms with Crippen molar-refractivity contribution in [3.63, 3.8) is 0 Å². The van der Waals surface area contributed by atoms with Crippen molar-refractivity contribution < 1.29 is 23.8 Å². The quantitative estimate of drug-likeness (QED) is 0.940. The lowest BCUT2D eigenvalue weighted by molar-refractivity contribution is 0.0691. The number of hydrogen-bond donors (Lipinski definition) is 1. The summed E-state index contributed by atoms with van der Waals surface area (Å²) in [6.45, 7) is 0.957. The van der Waals surface area contributed by atoms with Gasteiger partial charge in [0.05, 0.1) is 5.56 Å². The second-order valence-corrected chi connectivity index (χ2v) is 5.25. The second kappa shape index (κ2) is 5.61. The van der Waals surface area contributed by atoms with Crippen LogP contribution in [0.4, 0.5) is 4.39 Å². The van der Waals surface area contributed by atoms with Gasteiger partial charge in [0.1, 0.15) is 18.2 Å². The number of carboxylic acid groups (broad SMARTS) is 1. The minimum absolute atomic E-state index is 0.00609. The maximum absolute atomic E-state index is 14.0. The number of ether oxygens (including phenoxy) is 2. The van der Waals surface area contributed by atoms with Crippen LogP contribution in [0, 0.1) is 5.82 Å². The first-order chi connectivity index (χ1) is 10.1. The van der Waals surface area contributed by atoms with E-state index in [1.807, 2.05) is 0 Å². The third-order valence-electron chi connectivity index (χ3n) is 2.82. The van der Waals surface area contributed by atoms with Crippen molar-refractivity contribution in [3.05, 3.63) is 41.8 Å². The lowest BCUT2D eigenvalue weighted by Crippen LogP contribution is -2.15. The highest BCUT2D eigenvalue weighted by Gasteiger charge is 2.17. The maximum Gasteiger partial charge on any atom is 0.338 e. The Labute approximate surface area is 123 Å². The number of nitrogens with zero attached hydrogens (tertiary/aromatic N) is 1. The number of carboxylic acids is 1. The summed E-state index contributed by atoms with van der Waals surface area (Å²) >= 11 is 1.03. The molecule has 2 heterocycles. The third-order valence-corrected chi connectivity index (χ3v) is 3.78. The van der Waals surface area contributed by atoms with Crippen molar-refractivity contribution in [2.75, 3.05) is 13.2 Å². The number of halogens is 1. The Balaban J connectivity index is 1.90. The fourth-order valence-electron chi connectivity index (χ4n) is 1.86. The Morgan fingerprint density at radius 3 is 2.76 bits per heavy atom. The SMILES string of the molecule is O=C(O)c1ccnc(Sc2ccc3c(c2)OCCO3)c1F. The molecule has 1 aromatic heterocycles. The summed E-state index contributed by atoms with van der Waals surface area (Å²) in [5.74, 6) is -0.942. The van der Waals surface area contributed by atoms with Crippen molar-refractivity contribution in [2.45, 2.75) is 9.92 Å². The fraction of sp³-hybridized carbons (Fsp3) is 0.143. The van der Waals surface area contributed by atoms with E-state index in [1.54, 1.807) is 18.2 Å². The first kappa shape index (κ1) is 13.7. The standard InChI is InChI=1S/C14H10FNO4S/c15-12-9(14(17)18)3-4-16-13(12)21-8-1-2-10-11(7-8)20-6-5-19-10/h1-4,7H,5-6H2,(H,17,18). The second-order valence-electron chi connectivity index (χ2n) is 4.19. The average molecular weight is 307 g/mol. The molecule has 0 bridgehead atoms. The number of carbonyl (C=O) groups is 1. The molecule has 1 aliphatic rings. The van der Waals surface area contributed by atoms with Crippen LogP contribution in [0.3, 0.4) is 0 Å². The van der Waals surface area contributed by atoms with Gasteiger partial charge in [0, 0.05) is 11.1 Å². The zero-order valence-corrected chi connectivity index (χ0v) is 11.5. The molecule has 108 valence electrons. The molecule has 0 aliphatic carbocycles. The minimum atomic E-state index is -1.32. The van der Waals surface area contributed by atoms with Crippen LogP contribution in [0.5, 0.6) is 11.5 Å². The van der Waals surface area contributed by atoms with E-state index in [1.165, 1.54) is 6.20 Å². The highest BCUT2D eigenvalue weighted by Crippen LogP contribution is 2.37. The van der Waals surface area contributed by atoms with Crippen molar-refractivity contribution in [2.24, 2.45) is 0 Å². The number of hydrogen-bond acceptors (Lipinski definition) is 5. The number of fused-ring (bicyclic) bond motifs is 1. The van der Waals surface area contributed by atoms with Gasteiger partial charge in [-0.15, -0.1) is 0 Å². The van der Waals surface area contributed by atoms with E-state index in [9.17, 15) is 9.18 Å². The van der Waals surface area contributed by atoms with Crippen LogP contribution in [0.25, 0.3) is 0 Å². The van der Waals surface area contributed by atoms with Crippen LogP contribution in [-0.4, -0.2) is 29.3 Å². The molecule has 1 N–H and O–H groups in total. The van der Waals surface area contributed by atoms with Gasteiger partial charge in [-0.05, 0) is 24.3 Å². The largest absolute Gasteiger partial charge is 0.486 e. The molecule has 1 aliphatic heterocycles. The van der Waals surface area contributed by atoms with Gasteiger partial charge >= 0.3 is 5.97 Å². The molecular weight excluding hydrogens is 297 g/mol. The highest BCUT2D eigenvalue weighted by atomic mass is 32.2. The van der Waals surface area contributed by atoms with E-state index in [2.05, 4.69) is 4.98 Å². The lowest BCUT2D eigenvalue weighted by Gasteiger charge is -2.18. The summed E-state index contributed by atoms with van der Waals surface area (Å²) in [4.78, 5) is 15.5. The molecule has 0 saturated carbocycles. The highest BCUT2D eigenvalue weighted by molar-refractivity contribution is 7.99. The van der Waals surface area contributed by atoms with E-state index in [0.29, 0.717) is 29.6 Å². The third kappa shape index (κ3) is 2.78. The predicted molar refractivity (Wildman–Crippen MR) is 72.7 cm³/mol. The Morgan fingerprint density at radius 1 is 1.24 bits per heavy atom. The van der Waals surface area contributed by atoms with Crippen molar-refractivity contribution in [3.8, 4) is 11.5 Å². The average Bonchev–Trinajstić information content (AvgIpc) is 2.49. The van der Waals surface area contributed by atoms with Gasteiger partial charge in [-0.3, -0.25) is 0 Å². The van der Waals surface area contributed by atoms with Crippen LogP contribution in [0.2, 0.25) is 0 Å². The molecule has 5 nitrogen and oxygen atoms in total. The molecule has 0 radical (unpaired) electrons. The summed E-state index contributed by atoms with van der Waals surface area (Å²) in [6, 6.07) is 6.32. The summed E-state index contributed by atoms with van der Waals surface area (Å²) in [6.07, 6.45) is 1.27. The summed E-state index contributed by atoms with van der Waals surface area (Å²) in [5.41, 5.74) is -0.398. The smallest absolute Gasteiger partial charge is 0.338 e. The summed E-state index contributed by atoms with van der Waals surface area (Å²) < 4.78 is 24.9. The Morgan fingerprint density at radius 2 is 2.00 bits per heavy atom. The molecular formula is C14H10FNO4S. The molecule has 3 rings (SSSR count). The molecule has 1 aromatic carbocycles. The summed E-state index contributed by atoms with van der Waals surface area (Å²) in [7, 11) is 0. The Kier molecular flexibility index (Phi) is 3.66. The predicted octanol–water partition coefficient (Wildman–Crippen LogP) is 2.84. The first-order valence-electron chi connectivity index (χ1n) is 6.10. The minimum Gasteiger partial charge on any atom is -0.486 e. The van der Waals surface area contributed by atoms with Crippen LogP contribution >= 0.6 is 11.8 Å². The number of rotatable bonds is 3. The molecule has 2 aromatic rings. The molecule has 21 heavy (non-hydrogen) atoms. The van der Waals surface area contributed by atoms with E-state index >= 15 is 0 Å². The van der Waals surface area contributed by atoms with Crippen LogP contribution in [0.1, 0.15) is 10.4 Å². The first-order valence-corrected chi connectivity index (χ1v) is 6.92.